The van der Waals surface area contributed by atoms with Crippen molar-refractivity contribution in [1.82, 2.24) is 0 Å². The second kappa shape index (κ2) is 10.3. The normalized spacial score (nSPS) is 10.7. The summed E-state index contributed by atoms with van der Waals surface area (Å²) in [6.07, 6.45) is 8.65. The third-order valence-electron chi connectivity index (χ3n) is 3.20. The van der Waals surface area contributed by atoms with Crippen molar-refractivity contribution in [2.24, 2.45) is 5.73 Å². The van der Waals surface area contributed by atoms with E-state index < -0.39 is 0 Å². The maximum Gasteiger partial charge on any atom is 0.119 e. The first kappa shape index (κ1) is 16.5. The van der Waals surface area contributed by atoms with Gasteiger partial charge in [0.15, 0.2) is 0 Å². The van der Waals surface area contributed by atoms with Crippen molar-refractivity contribution in [3.05, 3.63) is 28.2 Å². The Balaban J connectivity index is 2.23. The molecule has 0 aromatic heterocycles. The summed E-state index contributed by atoms with van der Waals surface area (Å²) < 4.78 is 6.91. The fourth-order valence-electron chi connectivity index (χ4n) is 2.06. The number of benzene rings is 1. The van der Waals surface area contributed by atoms with Gasteiger partial charge in [0.25, 0.3) is 0 Å². The maximum atomic E-state index is 5.79. The van der Waals surface area contributed by atoms with Gasteiger partial charge in [0, 0.05) is 4.47 Å². The number of rotatable bonds is 10. The Morgan fingerprint density at radius 2 is 1.84 bits per heavy atom. The van der Waals surface area contributed by atoms with Gasteiger partial charge in [0.05, 0.1) is 6.61 Å². The summed E-state index contributed by atoms with van der Waals surface area (Å²) in [4.78, 5) is 0. The summed E-state index contributed by atoms with van der Waals surface area (Å²) in [5.41, 5.74) is 6.82. The molecule has 2 N–H and O–H groups in total. The van der Waals surface area contributed by atoms with Crippen LogP contribution in [0.15, 0.2) is 22.7 Å². The fraction of sp³-hybridized carbons (Fsp3) is 0.625. The van der Waals surface area contributed by atoms with Crippen LogP contribution < -0.4 is 10.5 Å². The highest BCUT2D eigenvalue weighted by Crippen LogP contribution is 2.23. The van der Waals surface area contributed by atoms with Crippen molar-refractivity contribution >= 4 is 15.9 Å². The summed E-state index contributed by atoms with van der Waals surface area (Å²) in [6, 6.07) is 6.15. The minimum atomic E-state index is 0.666. The number of halogens is 1. The van der Waals surface area contributed by atoms with Crippen molar-refractivity contribution in [2.75, 3.05) is 13.2 Å². The number of hydrogen-bond donors (Lipinski definition) is 1. The molecule has 0 fully saturated rings. The van der Waals surface area contributed by atoms with E-state index in [0.29, 0.717) is 6.54 Å². The first-order chi connectivity index (χ1) is 9.27. The van der Waals surface area contributed by atoms with Crippen molar-refractivity contribution in [3.63, 3.8) is 0 Å². The van der Waals surface area contributed by atoms with Crippen LogP contribution in [0.1, 0.15) is 51.0 Å². The molecule has 0 saturated carbocycles. The molecule has 108 valence electrons. The van der Waals surface area contributed by atoms with Gasteiger partial charge >= 0.3 is 0 Å². The predicted molar refractivity (Wildman–Crippen MR) is 85.8 cm³/mol. The highest BCUT2D eigenvalue weighted by molar-refractivity contribution is 9.10. The summed E-state index contributed by atoms with van der Waals surface area (Å²) in [6.45, 7) is 3.73. The first-order valence-electron chi connectivity index (χ1n) is 7.39. The lowest BCUT2D eigenvalue weighted by Gasteiger charge is -2.09. The fourth-order valence-corrected chi connectivity index (χ4v) is 2.51. The van der Waals surface area contributed by atoms with Crippen molar-refractivity contribution in [2.45, 2.75) is 51.9 Å². The molecule has 0 unspecified atom stereocenters. The smallest absolute Gasteiger partial charge is 0.119 e. The third-order valence-corrected chi connectivity index (χ3v) is 3.97. The molecule has 0 aliphatic carbocycles. The van der Waals surface area contributed by atoms with E-state index in [-0.39, 0.29) is 0 Å². The lowest BCUT2D eigenvalue weighted by molar-refractivity contribution is 0.304. The van der Waals surface area contributed by atoms with Gasteiger partial charge in [0.2, 0.25) is 0 Å². The van der Waals surface area contributed by atoms with E-state index in [1.165, 1.54) is 37.7 Å². The van der Waals surface area contributed by atoms with Crippen LogP contribution in [0.5, 0.6) is 5.75 Å². The summed E-state index contributed by atoms with van der Waals surface area (Å²) in [7, 11) is 0. The topological polar surface area (TPSA) is 35.2 Å². The molecule has 0 aliphatic heterocycles. The average Bonchev–Trinajstić information content (AvgIpc) is 2.41. The van der Waals surface area contributed by atoms with E-state index in [2.05, 4.69) is 28.9 Å². The maximum absolute atomic E-state index is 5.79. The Kier molecular flexibility index (Phi) is 8.93. The molecule has 1 rings (SSSR count). The Hall–Kier alpha value is -0.540. The molecule has 0 heterocycles. The Labute approximate surface area is 125 Å². The number of hydrogen-bond acceptors (Lipinski definition) is 2. The summed E-state index contributed by atoms with van der Waals surface area (Å²) in [5.74, 6) is 0.959. The van der Waals surface area contributed by atoms with Crippen LogP contribution >= 0.6 is 15.9 Å². The van der Waals surface area contributed by atoms with E-state index in [9.17, 15) is 0 Å². The van der Waals surface area contributed by atoms with Gasteiger partial charge in [-0.1, -0.05) is 55.0 Å². The van der Waals surface area contributed by atoms with Crippen LogP contribution in [-0.4, -0.2) is 13.2 Å². The summed E-state index contributed by atoms with van der Waals surface area (Å²) >= 11 is 3.54. The van der Waals surface area contributed by atoms with Gasteiger partial charge in [-0.15, -0.1) is 0 Å². The molecule has 0 atom stereocenters. The molecule has 0 amide bonds. The van der Waals surface area contributed by atoms with E-state index in [1.807, 2.05) is 12.1 Å². The van der Waals surface area contributed by atoms with Gasteiger partial charge in [-0.3, -0.25) is 0 Å². The van der Waals surface area contributed by atoms with Crippen LogP contribution in [-0.2, 0) is 6.42 Å². The van der Waals surface area contributed by atoms with E-state index >= 15 is 0 Å². The van der Waals surface area contributed by atoms with Gasteiger partial charge in [-0.25, -0.2) is 0 Å². The molecule has 2 nitrogen and oxygen atoms in total. The monoisotopic (exact) mass is 327 g/mol. The highest BCUT2D eigenvalue weighted by atomic mass is 79.9. The van der Waals surface area contributed by atoms with Gasteiger partial charge in [-0.05, 0) is 43.1 Å². The second-order valence-electron chi connectivity index (χ2n) is 4.91. The zero-order chi connectivity index (χ0) is 13.9. The molecule has 0 saturated heterocycles. The van der Waals surface area contributed by atoms with Gasteiger partial charge < -0.3 is 10.5 Å². The first-order valence-corrected chi connectivity index (χ1v) is 8.18. The second-order valence-corrected chi connectivity index (χ2v) is 5.76. The number of unbranched alkanes of at least 4 members (excludes halogenated alkanes) is 5. The van der Waals surface area contributed by atoms with E-state index in [1.54, 1.807) is 0 Å². The standard InChI is InChI=1S/C16H26BrNO/c1-2-3-4-5-6-7-12-19-15-8-9-16(17)14(13-15)10-11-18/h8-9,13H,2-7,10-12,18H2,1H3. The third kappa shape index (κ3) is 6.98. The molecular weight excluding hydrogens is 302 g/mol. The quantitative estimate of drug-likeness (QED) is 0.633. The molecule has 0 radical (unpaired) electrons. The summed E-state index contributed by atoms with van der Waals surface area (Å²) in [5, 5.41) is 0. The highest BCUT2D eigenvalue weighted by Gasteiger charge is 2.02. The predicted octanol–water partition coefficient (Wildman–Crippen LogP) is 4.69. The van der Waals surface area contributed by atoms with Gasteiger partial charge in [-0.2, -0.15) is 0 Å². The van der Waals surface area contributed by atoms with E-state index in [0.717, 1.165) is 29.7 Å². The SMILES string of the molecule is CCCCCCCCOc1ccc(Br)c(CCN)c1. The van der Waals surface area contributed by atoms with Crippen LogP contribution in [0.4, 0.5) is 0 Å². The lowest BCUT2D eigenvalue weighted by atomic mass is 10.1. The van der Waals surface area contributed by atoms with Crippen LogP contribution in [0, 0.1) is 0 Å². The van der Waals surface area contributed by atoms with Crippen LogP contribution in [0.2, 0.25) is 0 Å². The minimum Gasteiger partial charge on any atom is -0.494 e. The minimum absolute atomic E-state index is 0.666. The Bertz CT molecular complexity index is 355. The van der Waals surface area contributed by atoms with Gasteiger partial charge in [0.1, 0.15) is 5.75 Å². The number of ether oxygens (including phenoxy) is 1. The lowest BCUT2D eigenvalue weighted by Crippen LogP contribution is -2.04. The van der Waals surface area contributed by atoms with Crippen molar-refractivity contribution in [3.8, 4) is 5.75 Å². The zero-order valence-electron chi connectivity index (χ0n) is 12.0. The molecule has 1 aromatic rings. The number of nitrogens with two attached hydrogens (primary N) is 1. The Morgan fingerprint density at radius 3 is 2.58 bits per heavy atom. The molecule has 19 heavy (non-hydrogen) atoms. The molecule has 1 aromatic carbocycles. The molecule has 0 bridgehead atoms. The van der Waals surface area contributed by atoms with Crippen LogP contribution in [0.3, 0.4) is 0 Å². The molecule has 0 aliphatic rings. The van der Waals surface area contributed by atoms with Crippen molar-refractivity contribution in [1.29, 1.82) is 0 Å². The zero-order valence-corrected chi connectivity index (χ0v) is 13.5. The molecule has 0 spiro atoms. The van der Waals surface area contributed by atoms with Crippen molar-refractivity contribution < 1.29 is 4.74 Å². The largest absolute Gasteiger partial charge is 0.494 e. The molecule has 3 heteroatoms. The average molecular weight is 328 g/mol. The van der Waals surface area contributed by atoms with Crippen LogP contribution in [0.25, 0.3) is 0 Å². The van der Waals surface area contributed by atoms with E-state index in [4.69, 9.17) is 10.5 Å². The Morgan fingerprint density at radius 1 is 1.11 bits per heavy atom. The molecular formula is C16H26BrNO.